The van der Waals surface area contributed by atoms with Crippen LogP contribution >= 0.6 is 12.2 Å². The van der Waals surface area contributed by atoms with E-state index in [0.717, 1.165) is 70.5 Å². The fourth-order valence-electron chi connectivity index (χ4n) is 5.43. The Labute approximate surface area is 225 Å². The SMILES string of the molecule is CCCC(=O)N1CCN(CCCCCCCN2C(=S)N(c3ccc4c(c3)COC4=O)C(=O)C2(C)C)CC1. The molecule has 0 atom stereocenters. The molecule has 1 aromatic rings. The lowest BCUT2D eigenvalue weighted by Crippen LogP contribution is -2.48. The number of piperazine rings is 1. The molecule has 2 fully saturated rings. The molecule has 2 amide bonds. The molecule has 8 nitrogen and oxygen atoms in total. The van der Waals surface area contributed by atoms with Gasteiger partial charge in [-0.15, -0.1) is 0 Å². The van der Waals surface area contributed by atoms with Gasteiger partial charge in [0.15, 0.2) is 5.11 Å². The van der Waals surface area contributed by atoms with Crippen LogP contribution in [0.25, 0.3) is 0 Å². The average Bonchev–Trinajstić information content (AvgIpc) is 3.33. The largest absolute Gasteiger partial charge is 0.457 e. The number of unbranched alkanes of at least 4 members (excludes halogenated alkanes) is 4. The van der Waals surface area contributed by atoms with Crippen molar-refractivity contribution in [2.75, 3.05) is 44.2 Å². The summed E-state index contributed by atoms with van der Waals surface area (Å²) in [6.45, 7) is 11.7. The lowest BCUT2D eigenvalue weighted by molar-refractivity contribution is -0.133. The van der Waals surface area contributed by atoms with Crippen molar-refractivity contribution in [1.82, 2.24) is 14.7 Å². The highest BCUT2D eigenvalue weighted by atomic mass is 32.1. The number of carbonyl (C=O) groups excluding carboxylic acids is 3. The van der Waals surface area contributed by atoms with Crippen molar-refractivity contribution in [3.8, 4) is 0 Å². The van der Waals surface area contributed by atoms with Crippen LogP contribution in [-0.2, 0) is 20.9 Å². The first kappa shape index (κ1) is 27.5. The number of cyclic esters (lactones) is 1. The van der Waals surface area contributed by atoms with E-state index >= 15 is 0 Å². The third-order valence-corrected chi connectivity index (χ3v) is 8.20. The number of benzene rings is 1. The Morgan fingerprint density at radius 3 is 2.38 bits per heavy atom. The Morgan fingerprint density at radius 2 is 1.68 bits per heavy atom. The maximum absolute atomic E-state index is 13.3. The Kier molecular flexibility index (Phi) is 8.85. The third-order valence-electron chi connectivity index (χ3n) is 7.79. The summed E-state index contributed by atoms with van der Waals surface area (Å²) < 4.78 is 5.10. The smallest absolute Gasteiger partial charge is 0.338 e. The molecule has 202 valence electrons. The summed E-state index contributed by atoms with van der Waals surface area (Å²) in [5, 5.41) is 0.525. The molecule has 1 aromatic carbocycles. The van der Waals surface area contributed by atoms with Crippen LogP contribution in [0, 0.1) is 0 Å². The van der Waals surface area contributed by atoms with Gasteiger partial charge < -0.3 is 14.5 Å². The minimum atomic E-state index is -0.705. The van der Waals surface area contributed by atoms with E-state index in [1.807, 2.05) is 29.7 Å². The number of ether oxygens (including phenoxy) is 1. The number of hydrogen-bond donors (Lipinski definition) is 0. The van der Waals surface area contributed by atoms with Crippen LogP contribution in [0.5, 0.6) is 0 Å². The van der Waals surface area contributed by atoms with E-state index in [1.165, 1.54) is 12.8 Å². The molecule has 0 aromatic heterocycles. The molecule has 37 heavy (non-hydrogen) atoms. The highest BCUT2D eigenvalue weighted by molar-refractivity contribution is 7.80. The third kappa shape index (κ3) is 5.98. The van der Waals surface area contributed by atoms with Crippen LogP contribution in [0.15, 0.2) is 18.2 Å². The van der Waals surface area contributed by atoms with Gasteiger partial charge in [-0.1, -0.05) is 26.2 Å². The van der Waals surface area contributed by atoms with Gasteiger partial charge in [-0.25, -0.2) is 4.79 Å². The van der Waals surface area contributed by atoms with Gasteiger partial charge in [0.1, 0.15) is 12.1 Å². The van der Waals surface area contributed by atoms with Crippen molar-refractivity contribution < 1.29 is 19.1 Å². The van der Waals surface area contributed by atoms with Gasteiger partial charge in [-0.2, -0.15) is 0 Å². The topological polar surface area (TPSA) is 73.4 Å². The summed E-state index contributed by atoms with van der Waals surface area (Å²) in [5.74, 6) is -0.0644. The minimum absolute atomic E-state index is 0.0424. The van der Waals surface area contributed by atoms with Crippen molar-refractivity contribution in [2.24, 2.45) is 0 Å². The zero-order valence-electron chi connectivity index (χ0n) is 22.5. The Morgan fingerprint density at radius 1 is 1.00 bits per heavy atom. The van der Waals surface area contributed by atoms with Crippen LogP contribution in [0.4, 0.5) is 5.69 Å². The van der Waals surface area contributed by atoms with Crippen molar-refractivity contribution in [3.05, 3.63) is 29.3 Å². The minimum Gasteiger partial charge on any atom is -0.457 e. The number of thiocarbonyl (C=S) groups is 1. The lowest BCUT2D eigenvalue weighted by Gasteiger charge is -2.34. The number of hydrogen-bond acceptors (Lipinski definition) is 6. The zero-order chi connectivity index (χ0) is 26.6. The molecule has 3 heterocycles. The molecule has 0 aliphatic carbocycles. The van der Waals surface area contributed by atoms with Gasteiger partial charge in [-0.05, 0) is 70.1 Å². The summed E-state index contributed by atoms with van der Waals surface area (Å²) in [6, 6.07) is 5.34. The predicted octanol–water partition coefficient (Wildman–Crippen LogP) is 3.96. The molecule has 0 radical (unpaired) electrons. The molecule has 3 aliphatic heterocycles. The van der Waals surface area contributed by atoms with Crippen LogP contribution < -0.4 is 4.90 Å². The van der Waals surface area contributed by atoms with Crippen molar-refractivity contribution in [3.63, 3.8) is 0 Å². The number of amides is 2. The van der Waals surface area contributed by atoms with Gasteiger partial charge in [0.05, 0.1) is 11.3 Å². The van der Waals surface area contributed by atoms with E-state index in [2.05, 4.69) is 11.8 Å². The molecule has 3 aliphatic rings. The zero-order valence-corrected chi connectivity index (χ0v) is 23.3. The highest BCUT2D eigenvalue weighted by Gasteiger charge is 2.49. The molecule has 2 saturated heterocycles. The van der Waals surface area contributed by atoms with Gasteiger partial charge in [0.2, 0.25) is 5.91 Å². The molecular formula is C28H40N4O4S. The van der Waals surface area contributed by atoms with Crippen LogP contribution in [-0.4, -0.2) is 82.4 Å². The second-order valence-corrected chi connectivity index (χ2v) is 11.2. The van der Waals surface area contributed by atoms with Gasteiger partial charge in [0.25, 0.3) is 5.91 Å². The number of nitrogens with zero attached hydrogens (tertiary/aromatic N) is 4. The summed E-state index contributed by atoms with van der Waals surface area (Å²) in [4.78, 5) is 45.2. The summed E-state index contributed by atoms with van der Waals surface area (Å²) in [6.07, 6.45) is 7.18. The quantitative estimate of drug-likeness (QED) is 0.245. The first-order chi connectivity index (χ1) is 17.7. The highest BCUT2D eigenvalue weighted by Crippen LogP contribution is 2.34. The maximum Gasteiger partial charge on any atom is 0.338 e. The standard InChI is InChI=1S/C28H40N4O4S/c1-4-10-24(33)30-17-15-29(16-18-30)13-8-6-5-7-9-14-31-27(37)32(26(35)28(31,2)3)22-11-12-23-21(19-22)20-36-25(23)34/h11-12,19H,4-10,13-18,20H2,1-3H3. The normalized spacial score (nSPS) is 19.5. The summed E-state index contributed by atoms with van der Waals surface area (Å²) in [5.41, 5.74) is 1.34. The fraction of sp³-hybridized carbons (Fsp3) is 0.643. The Balaban J connectivity index is 1.18. The van der Waals surface area contributed by atoms with E-state index in [4.69, 9.17) is 17.0 Å². The van der Waals surface area contributed by atoms with Crippen molar-refractivity contribution in [1.29, 1.82) is 0 Å². The molecular weight excluding hydrogens is 488 g/mol. The molecule has 0 saturated carbocycles. The first-order valence-corrected chi connectivity index (χ1v) is 14.1. The number of anilines is 1. The lowest BCUT2D eigenvalue weighted by atomic mass is 10.0. The van der Waals surface area contributed by atoms with E-state index < -0.39 is 5.54 Å². The van der Waals surface area contributed by atoms with E-state index in [0.29, 0.717) is 28.7 Å². The van der Waals surface area contributed by atoms with E-state index in [1.54, 1.807) is 17.0 Å². The second kappa shape index (κ2) is 11.9. The predicted molar refractivity (Wildman–Crippen MR) is 147 cm³/mol. The van der Waals surface area contributed by atoms with Crippen molar-refractivity contribution in [2.45, 2.75) is 77.9 Å². The van der Waals surface area contributed by atoms with E-state index in [-0.39, 0.29) is 18.5 Å². The van der Waals surface area contributed by atoms with Gasteiger partial charge in [-0.3, -0.25) is 19.4 Å². The maximum atomic E-state index is 13.3. The summed E-state index contributed by atoms with van der Waals surface area (Å²) >= 11 is 5.75. The number of carbonyl (C=O) groups is 3. The molecule has 0 spiro atoms. The molecule has 0 N–H and O–H groups in total. The van der Waals surface area contributed by atoms with Gasteiger partial charge in [0, 0.05) is 44.7 Å². The fourth-order valence-corrected chi connectivity index (χ4v) is 5.93. The van der Waals surface area contributed by atoms with Crippen LogP contribution in [0.3, 0.4) is 0 Å². The average molecular weight is 529 g/mol. The second-order valence-electron chi connectivity index (χ2n) is 10.8. The molecule has 0 unspecified atom stereocenters. The Bertz CT molecular complexity index is 1040. The summed E-state index contributed by atoms with van der Waals surface area (Å²) in [7, 11) is 0. The van der Waals surface area contributed by atoms with Crippen molar-refractivity contribution >= 4 is 40.8 Å². The number of esters is 1. The number of fused-ring (bicyclic) bond motifs is 1. The monoisotopic (exact) mass is 528 g/mol. The molecule has 9 heteroatoms. The first-order valence-electron chi connectivity index (χ1n) is 13.7. The Hall–Kier alpha value is -2.52. The van der Waals surface area contributed by atoms with E-state index in [9.17, 15) is 14.4 Å². The van der Waals surface area contributed by atoms with Gasteiger partial charge >= 0.3 is 5.97 Å². The number of rotatable bonds is 11. The molecule has 0 bridgehead atoms. The molecule has 4 rings (SSSR count). The van der Waals surface area contributed by atoms with Crippen LogP contribution in [0.2, 0.25) is 0 Å². The van der Waals surface area contributed by atoms with Crippen LogP contribution in [0.1, 0.15) is 81.6 Å².